The molecule has 2 bridgehead atoms. The Kier molecular flexibility index (Phi) is 5.68. The van der Waals surface area contributed by atoms with Gasteiger partial charge in [-0.05, 0) is 47.4 Å². The van der Waals surface area contributed by atoms with Crippen molar-refractivity contribution < 1.29 is 27.6 Å². The summed E-state index contributed by atoms with van der Waals surface area (Å²) in [5.41, 5.74) is 1.11. The zero-order valence-electron chi connectivity index (χ0n) is 20.0. The van der Waals surface area contributed by atoms with Gasteiger partial charge >= 0.3 is 6.18 Å². The first-order chi connectivity index (χ1) is 18.3. The van der Waals surface area contributed by atoms with Gasteiger partial charge < -0.3 is 5.32 Å². The third-order valence-electron chi connectivity index (χ3n) is 7.94. The first kappa shape index (κ1) is 26.2. The summed E-state index contributed by atoms with van der Waals surface area (Å²) in [5, 5.41) is 2.19. The number of rotatable bonds is 3. The number of alkyl halides is 5. The second-order valence-corrected chi connectivity index (χ2v) is 11.5. The number of nitrogens with one attached hydrogen (secondary N) is 1. The van der Waals surface area contributed by atoms with E-state index < -0.39 is 57.1 Å². The van der Waals surface area contributed by atoms with E-state index in [-0.39, 0.29) is 10.7 Å². The number of nitrogens with zero attached hydrogens (tertiary/aromatic N) is 1. The lowest BCUT2D eigenvalue weighted by Gasteiger charge is -2.54. The molecule has 11 heteroatoms. The van der Waals surface area contributed by atoms with Crippen LogP contribution in [0.1, 0.15) is 34.7 Å². The Bertz CT molecular complexity index is 1470. The van der Waals surface area contributed by atoms with Crippen molar-refractivity contribution in [2.75, 3.05) is 5.32 Å². The molecule has 3 atom stereocenters. The van der Waals surface area contributed by atoms with Gasteiger partial charge in [0.05, 0.1) is 28.1 Å². The topological polar surface area (TPSA) is 66.5 Å². The Labute approximate surface area is 235 Å². The molecule has 1 fully saturated rings. The number of halogens is 6. The van der Waals surface area contributed by atoms with E-state index in [1.807, 2.05) is 0 Å². The largest absolute Gasteiger partial charge is 0.416 e. The monoisotopic (exact) mass is 592 g/mol. The normalized spacial score (nSPS) is 27.6. The molecule has 0 radical (unpaired) electrons. The van der Waals surface area contributed by atoms with E-state index in [4.69, 9.17) is 34.8 Å². The molecule has 5 nitrogen and oxygen atoms in total. The number of imide groups is 1. The zero-order valence-corrected chi connectivity index (χ0v) is 22.3. The van der Waals surface area contributed by atoms with Crippen molar-refractivity contribution in [2.24, 2.45) is 11.8 Å². The molecule has 3 aromatic carbocycles. The van der Waals surface area contributed by atoms with Crippen molar-refractivity contribution in [1.82, 2.24) is 4.90 Å². The maximum atomic E-state index is 14.0. The van der Waals surface area contributed by atoms with Gasteiger partial charge in [-0.2, -0.15) is 13.2 Å². The highest BCUT2D eigenvalue weighted by Crippen LogP contribution is 2.69. The lowest BCUT2D eigenvalue weighted by Crippen LogP contribution is -2.57. The Morgan fingerprint density at radius 2 is 1.31 bits per heavy atom. The summed E-state index contributed by atoms with van der Waals surface area (Å²) in [4.78, 5) is 39.1. The molecule has 0 saturated carbocycles. The van der Waals surface area contributed by atoms with Crippen LogP contribution < -0.4 is 5.32 Å². The average molecular weight is 594 g/mol. The third kappa shape index (κ3) is 3.38. The summed E-state index contributed by atoms with van der Waals surface area (Å²) < 4.78 is 39.6. The van der Waals surface area contributed by atoms with Gasteiger partial charge in [0, 0.05) is 0 Å². The quantitative estimate of drug-likeness (QED) is 0.287. The van der Waals surface area contributed by atoms with Crippen LogP contribution in [0.5, 0.6) is 0 Å². The van der Waals surface area contributed by atoms with Crippen molar-refractivity contribution in [1.29, 1.82) is 0 Å². The summed E-state index contributed by atoms with van der Waals surface area (Å²) >= 11 is 20.8. The van der Waals surface area contributed by atoms with E-state index in [9.17, 15) is 27.6 Å². The van der Waals surface area contributed by atoms with Gasteiger partial charge in [0.25, 0.3) is 0 Å². The second-order valence-electron chi connectivity index (χ2n) is 9.87. The predicted octanol–water partition coefficient (Wildman–Crippen LogP) is 6.28. The molecule has 1 N–H and O–H groups in total. The molecular weight excluding hydrogens is 576 g/mol. The molecule has 3 aromatic rings. The third-order valence-corrected chi connectivity index (χ3v) is 9.55. The molecule has 0 spiro atoms. The summed E-state index contributed by atoms with van der Waals surface area (Å²) in [7, 11) is 0. The summed E-state index contributed by atoms with van der Waals surface area (Å²) in [6.45, 7) is 1.31. The van der Waals surface area contributed by atoms with Crippen molar-refractivity contribution in [3.8, 4) is 0 Å². The van der Waals surface area contributed by atoms with Gasteiger partial charge in [0.2, 0.25) is 17.7 Å². The molecular formula is C28H18Cl3F3N2O3. The van der Waals surface area contributed by atoms with Gasteiger partial charge in [-0.15, -0.1) is 23.2 Å². The van der Waals surface area contributed by atoms with Crippen LogP contribution in [-0.2, 0) is 30.3 Å². The van der Waals surface area contributed by atoms with Crippen LogP contribution in [0.25, 0.3) is 0 Å². The second kappa shape index (κ2) is 8.46. The molecule has 200 valence electrons. The Balaban J connectivity index is 1.40. The minimum absolute atomic E-state index is 0.139. The van der Waals surface area contributed by atoms with Crippen LogP contribution in [0.15, 0.2) is 66.7 Å². The fourth-order valence-electron chi connectivity index (χ4n) is 6.22. The van der Waals surface area contributed by atoms with Crippen LogP contribution in [0.2, 0.25) is 5.02 Å². The van der Waals surface area contributed by atoms with E-state index in [0.29, 0.717) is 28.3 Å². The van der Waals surface area contributed by atoms with Gasteiger partial charge in [-0.3, -0.25) is 19.3 Å². The molecule has 7 rings (SSSR count). The number of benzene rings is 3. The molecule has 39 heavy (non-hydrogen) atoms. The van der Waals surface area contributed by atoms with Gasteiger partial charge in [0.15, 0.2) is 0 Å². The number of hydrogen-bond acceptors (Lipinski definition) is 3. The number of anilines is 1. The molecule has 3 aliphatic carbocycles. The van der Waals surface area contributed by atoms with Crippen molar-refractivity contribution in [3.05, 3.63) is 99.6 Å². The summed E-state index contributed by atoms with van der Waals surface area (Å²) in [6.07, 6.45) is -4.67. The molecule has 0 aromatic heterocycles. The Morgan fingerprint density at radius 1 is 0.872 bits per heavy atom. The Morgan fingerprint density at radius 3 is 1.72 bits per heavy atom. The SMILES string of the molecule is C[C@H](C(=O)Nc1cc(C(F)(F)F)ccc1Cl)N1C(=O)[C@H]2[C@H](C1=O)C1(Cl)c3ccccc3C2(Cl)c2ccccc21. The average Bonchev–Trinajstić information content (AvgIpc) is 3.18. The highest BCUT2D eigenvalue weighted by molar-refractivity contribution is 6.36. The Hall–Kier alpha value is -3.07. The molecule has 1 aliphatic heterocycles. The minimum Gasteiger partial charge on any atom is -0.323 e. The van der Waals surface area contributed by atoms with Gasteiger partial charge in [-0.25, -0.2) is 0 Å². The molecule has 0 unspecified atom stereocenters. The maximum absolute atomic E-state index is 14.0. The fourth-order valence-corrected chi connectivity index (χ4v) is 7.48. The highest BCUT2D eigenvalue weighted by Gasteiger charge is 2.73. The lowest BCUT2D eigenvalue weighted by atomic mass is 9.54. The highest BCUT2D eigenvalue weighted by atomic mass is 35.5. The minimum atomic E-state index is -4.67. The van der Waals surface area contributed by atoms with Crippen LogP contribution in [0.4, 0.5) is 18.9 Å². The van der Waals surface area contributed by atoms with E-state index in [1.165, 1.54) is 6.92 Å². The van der Waals surface area contributed by atoms with E-state index >= 15 is 0 Å². The lowest BCUT2D eigenvalue weighted by molar-refractivity contribution is -0.146. The van der Waals surface area contributed by atoms with Crippen LogP contribution in [0.3, 0.4) is 0 Å². The van der Waals surface area contributed by atoms with Crippen molar-refractivity contribution in [2.45, 2.75) is 28.9 Å². The summed E-state index contributed by atoms with van der Waals surface area (Å²) in [5.74, 6) is -4.49. The van der Waals surface area contributed by atoms with Gasteiger partial charge in [-0.1, -0.05) is 60.1 Å². The maximum Gasteiger partial charge on any atom is 0.416 e. The number of carbonyl (C=O) groups is 3. The first-order valence-electron chi connectivity index (χ1n) is 11.9. The predicted molar refractivity (Wildman–Crippen MR) is 140 cm³/mol. The molecule has 4 aliphatic rings. The smallest absolute Gasteiger partial charge is 0.323 e. The van der Waals surface area contributed by atoms with E-state index in [2.05, 4.69) is 5.32 Å². The zero-order chi connectivity index (χ0) is 28.1. The number of carbonyl (C=O) groups excluding carboxylic acids is 3. The van der Waals surface area contributed by atoms with Crippen LogP contribution >= 0.6 is 34.8 Å². The van der Waals surface area contributed by atoms with Gasteiger partial charge in [0.1, 0.15) is 15.8 Å². The number of hydrogen-bond donors (Lipinski definition) is 1. The molecule has 1 saturated heterocycles. The van der Waals surface area contributed by atoms with E-state index in [0.717, 1.165) is 17.0 Å². The van der Waals surface area contributed by atoms with Crippen molar-refractivity contribution in [3.63, 3.8) is 0 Å². The fraction of sp³-hybridized carbons (Fsp3) is 0.250. The molecule has 3 amide bonds. The number of amides is 3. The number of likely N-dealkylation sites (tertiary alicyclic amines) is 1. The molecule has 1 heterocycles. The van der Waals surface area contributed by atoms with Crippen molar-refractivity contribution >= 4 is 58.2 Å². The van der Waals surface area contributed by atoms with Crippen LogP contribution in [0, 0.1) is 11.8 Å². The standard InChI is InChI=1S/C28H18Cl3F3N2O3/c1-13(23(37)35-20-12-14(28(32,33)34)10-11-19(20)29)36-24(38)21-22(25(36)39)27(31)16-7-3-2-6-15(16)26(21,30)17-8-4-5-9-18(17)27/h2-13,21-22H,1H3,(H,35,37)/t13-,21-,22-,26?,27?/m1/s1. The van der Waals surface area contributed by atoms with E-state index in [1.54, 1.807) is 48.5 Å². The summed E-state index contributed by atoms with van der Waals surface area (Å²) in [6, 6.07) is 15.3. The first-order valence-corrected chi connectivity index (χ1v) is 13.1. The van der Waals surface area contributed by atoms with Crippen LogP contribution in [-0.4, -0.2) is 28.7 Å².